The van der Waals surface area contributed by atoms with Crippen LogP contribution in [0.15, 0.2) is 30.3 Å². The van der Waals surface area contributed by atoms with Crippen LogP contribution >= 0.6 is 0 Å². The van der Waals surface area contributed by atoms with Gasteiger partial charge in [-0.25, -0.2) is 8.42 Å². The number of benzene rings is 1. The van der Waals surface area contributed by atoms with E-state index < -0.39 is 10.0 Å². The summed E-state index contributed by atoms with van der Waals surface area (Å²) < 4.78 is 27.1. The van der Waals surface area contributed by atoms with Gasteiger partial charge in [0.15, 0.2) is 0 Å². The van der Waals surface area contributed by atoms with Crippen molar-refractivity contribution in [3.8, 4) is 0 Å². The lowest BCUT2D eigenvalue weighted by molar-refractivity contribution is 0.335. The quantitative estimate of drug-likeness (QED) is 0.876. The monoisotopic (exact) mass is 310 g/mol. The SMILES string of the molecule is CC(C)N(Cc1ccccc1)S(=O)(=O)CC1CCNCC1. The van der Waals surface area contributed by atoms with Crippen LogP contribution in [0.2, 0.25) is 0 Å². The maximum Gasteiger partial charge on any atom is 0.214 e. The molecule has 0 aromatic heterocycles. The topological polar surface area (TPSA) is 49.4 Å². The molecule has 0 unspecified atom stereocenters. The number of piperidine rings is 1. The smallest absolute Gasteiger partial charge is 0.214 e. The maximum atomic E-state index is 12.8. The molecule has 0 amide bonds. The number of rotatable bonds is 6. The molecule has 1 aromatic rings. The first-order chi connectivity index (χ1) is 9.99. The Hall–Kier alpha value is -0.910. The van der Waals surface area contributed by atoms with Gasteiger partial charge in [-0.1, -0.05) is 30.3 Å². The summed E-state index contributed by atoms with van der Waals surface area (Å²) in [7, 11) is -3.21. The fourth-order valence-electron chi connectivity index (χ4n) is 2.81. The number of nitrogens with one attached hydrogen (secondary N) is 1. The average molecular weight is 310 g/mol. The van der Waals surface area contributed by atoms with Crippen LogP contribution in [-0.2, 0) is 16.6 Å². The highest BCUT2D eigenvalue weighted by Crippen LogP contribution is 2.20. The zero-order chi connectivity index (χ0) is 15.3. The van der Waals surface area contributed by atoms with E-state index in [2.05, 4.69) is 5.32 Å². The van der Waals surface area contributed by atoms with E-state index in [0.717, 1.165) is 31.5 Å². The Morgan fingerprint density at radius 1 is 1.19 bits per heavy atom. The van der Waals surface area contributed by atoms with Gasteiger partial charge in [0, 0.05) is 12.6 Å². The van der Waals surface area contributed by atoms with E-state index in [1.807, 2.05) is 44.2 Å². The van der Waals surface area contributed by atoms with E-state index in [9.17, 15) is 8.42 Å². The Morgan fingerprint density at radius 2 is 1.81 bits per heavy atom. The first kappa shape index (κ1) is 16.5. The Kier molecular flexibility index (Phi) is 5.79. The van der Waals surface area contributed by atoms with Crippen LogP contribution in [0.1, 0.15) is 32.3 Å². The molecule has 1 N–H and O–H groups in total. The Balaban J connectivity index is 2.08. The third kappa shape index (κ3) is 4.80. The van der Waals surface area contributed by atoms with Crippen LogP contribution in [0, 0.1) is 5.92 Å². The standard InChI is InChI=1S/C16H26N2O2S/c1-14(2)18(12-15-6-4-3-5-7-15)21(19,20)13-16-8-10-17-11-9-16/h3-7,14,16-17H,8-13H2,1-2H3. The van der Waals surface area contributed by atoms with Gasteiger partial charge >= 0.3 is 0 Å². The number of hydrogen-bond acceptors (Lipinski definition) is 3. The summed E-state index contributed by atoms with van der Waals surface area (Å²) in [5.74, 6) is 0.563. The molecule has 0 spiro atoms. The predicted molar refractivity (Wildman–Crippen MR) is 86.5 cm³/mol. The molecule has 1 heterocycles. The molecule has 0 radical (unpaired) electrons. The lowest BCUT2D eigenvalue weighted by atomic mass is 10.0. The normalized spacial score (nSPS) is 17.5. The van der Waals surface area contributed by atoms with Crippen molar-refractivity contribution >= 4 is 10.0 Å². The molecule has 4 nitrogen and oxygen atoms in total. The summed E-state index contributed by atoms with van der Waals surface area (Å²) in [6, 6.07) is 9.80. The second-order valence-corrected chi connectivity index (χ2v) is 8.06. The minimum atomic E-state index is -3.21. The summed E-state index contributed by atoms with van der Waals surface area (Å²) in [5.41, 5.74) is 1.04. The van der Waals surface area contributed by atoms with Crippen molar-refractivity contribution in [3.05, 3.63) is 35.9 Å². The largest absolute Gasteiger partial charge is 0.317 e. The van der Waals surface area contributed by atoms with Crippen molar-refractivity contribution < 1.29 is 8.42 Å². The average Bonchev–Trinajstić information content (AvgIpc) is 2.46. The number of nitrogens with zero attached hydrogens (tertiary/aromatic N) is 1. The Bertz CT molecular complexity index is 522. The van der Waals surface area contributed by atoms with E-state index in [0.29, 0.717) is 6.54 Å². The van der Waals surface area contributed by atoms with E-state index in [1.165, 1.54) is 0 Å². The van der Waals surface area contributed by atoms with E-state index in [1.54, 1.807) is 4.31 Å². The summed E-state index contributed by atoms with van der Waals surface area (Å²) in [5, 5.41) is 3.28. The molecule has 1 aliphatic heterocycles. The van der Waals surface area contributed by atoms with Gasteiger partial charge in [0.2, 0.25) is 10.0 Å². The van der Waals surface area contributed by atoms with Crippen LogP contribution in [0.4, 0.5) is 0 Å². The molecule has 0 bridgehead atoms. The summed E-state index contributed by atoms with van der Waals surface area (Å²) >= 11 is 0. The fourth-order valence-corrected chi connectivity index (χ4v) is 4.92. The Morgan fingerprint density at radius 3 is 2.38 bits per heavy atom. The van der Waals surface area contributed by atoms with Crippen LogP contribution in [0.3, 0.4) is 0 Å². The molecule has 0 atom stereocenters. The Labute approximate surface area is 128 Å². The van der Waals surface area contributed by atoms with Crippen LogP contribution in [0.25, 0.3) is 0 Å². The maximum absolute atomic E-state index is 12.8. The van der Waals surface area contributed by atoms with Gasteiger partial charge in [0.25, 0.3) is 0 Å². The van der Waals surface area contributed by atoms with E-state index in [4.69, 9.17) is 0 Å². The molecule has 2 rings (SSSR count). The molecule has 21 heavy (non-hydrogen) atoms. The molecule has 0 aliphatic carbocycles. The highest BCUT2D eigenvalue weighted by Gasteiger charge is 2.29. The highest BCUT2D eigenvalue weighted by molar-refractivity contribution is 7.89. The minimum absolute atomic E-state index is 0.0167. The van der Waals surface area contributed by atoms with E-state index >= 15 is 0 Å². The van der Waals surface area contributed by atoms with Gasteiger partial charge in [-0.15, -0.1) is 0 Å². The number of hydrogen-bond donors (Lipinski definition) is 1. The van der Waals surface area contributed by atoms with Gasteiger partial charge < -0.3 is 5.32 Å². The van der Waals surface area contributed by atoms with Gasteiger partial charge in [-0.2, -0.15) is 4.31 Å². The highest BCUT2D eigenvalue weighted by atomic mass is 32.2. The molecule has 1 saturated heterocycles. The summed E-state index contributed by atoms with van der Waals surface area (Å²) in [6.07, 6.45) is 1.91. The van der Waals surface area contributed by atoms with Crippen molar-refractivity contribution in [1.82, 2.24) is 9.62 Å². The first-order valence-electron chi connectivity index (χ1n) is 7.73. The van der Waals surface area contributed by atoms with Crippen molar-refractivity contribution in [3.63, 3.8) is 0 Å². The van der Waals surface area contributed by atoms with Crippen LogP contribution in [0.5, 0.6) is 0 Å². The molecular formula is C16H26N2O2S. The van der Waals surface area contributed by atoms with Crippen molar-refractivity contribution in [1.29, 1.82) is 0 Å². The lowest BCUT2D eigenvalue weighted by Gasteiger charge is -2.29. The van der Waals surface area contributed by atoms with Crippen molar-refractivity contribution in [2.24, 2.45) is 5.92 Å². The molecule has 5 heteroatoms. The van der Waals surface area contributed by atoms with Crippen LogP contribution in [-0.4, -0.2) is 37.6 Å². The molecule has 1 aliphatic rings. The molecule has 118 valence electrons. The molecule has 0 saturated carbocycles. The number of sulfonamides is 1. The van der Waals surface area contributed by atoms with Gasteiger partial charge in [0.05, 0.1) is 5.75 Å². The minimum Gasteiger partial charge on any atom is -0.317 e. The molecule has 1 fully saturated rings. The zero-order valence-corrected chi connectivity index (χ0v) is 13.8. The van der Waals surface area contributed by atoms with E-state index in [-0.39, 0.29) is 17.7 Å². The third-order valence-electron chi connectivity index (χ3n) is 4.02. The van der Waals surface area contributed by atoms with Crippen molar-refractivity contribution in [2.45, 2.75) is 39.3 Å². The van der Waals surface area contributed by atoms with Gasteiger partial charge in [0.1, 0.15) is 0 Å². The summed E-state index contributed by atoms with van der Waals surface area (Å²) in [4.78, 5) is 0. The van der Waals surface area contributed by atoms with Crippen molar-refractivity contribution in [2.75, 3.05) is 18.8 Å². The third-order valence-corrected chi connectivity index (χ3v) is 6.18. The molecule has 1 aromatic carbocycles. The van der Waals surface area contributed by atoms with Gasteiger partial charge in [-0.3, -0.25) is 0 Å². The lowest BCUT2D eigenvalue weighted by Crippen LogP contribution is -2.41. The fraction of sp³-hybridized carbons (Fsp3) is 0.625. The second-order valence-electron chi connectivity index (χ2n) is 6.10. The first-order valence-corrected chi connectivity index (χ1v) is 9.34. The van der Waals surface area contributed by atoms with Crippen LogP contribution < -0.4 is 5.32 Å². The predicted octanol–water partition coefficient (Wildman–Crippen LogP) is 2.23. The summed E-state index contributed by atoms with van der Waals surface area (Å²) in [6.45, 7) is 6.22. The zero-order valence-electron chi connectivity index (χ0n) is 13.0. The molecular weight excluding hydrogens is 284 g/mol. The second kappa shape index (κ2) is 7.38. The van der Waals surface area contributed by atoms with Gasteiger partial charge in [-0.05, 0) is 51.3 Å².